The average Bonchev–Trinajstić information content (AvgIpc) is 2.74. The molecule has 29 heavy (non-hydrogen) atoms. The summed E-state index contributed by atoms with van der Waals surface area (Å²) in [7, 11) is 3.06. The summed E-state index contributed by atoms with van der Waals surface area (Å²) in [5.41, 5.74) is 2.02. The summed E-state index contributed by atoms with van der Waals surface area (Å²) in [6.45, 7) is 1.51. The first-order valence-corrected chi connectivity index (χ1v) is 8.73. The maximum Gasteiger partial charge on any atom is 0.274 e. The molecule has 1 heterocycles. The first kappa shape index (κ1) is 19.8. The van der Waals surface area contributed by atoms with Crippen molar-refractivity contribution < 1.29 is 19.1 Å². The van der Waals surface area contributed by atoms with Gasteiger partial charge in [0.05, 0.1) is 19.9 Å². The van der Waals surface area contributed by atoms with Gasteiger partial charge in [-0.1, -0.05) is 0 Å². The van der Waals surface area contributed by atoms with Gasteiger partial charge < -0.3 is 20.1 Å². The predicted octanol–water partition coefficient (Wildman–Crippen LogP) is 3.69. The quantitative estimate of drug-likeness (QED) is 0.591. The highest BCUT2D eigenvalue weighted by atomic mass is 16.5. The SMILES string of the molecule is COc1ccc(NC(=O)c2cc(Nc3ccc(C(C)=O)cc3)ncn2)c(OC)c1. The molecular formula is C21H20N4O4. The molecule has 3 aromatic rings. The minimum absolute atomic E-state index is 0.00787. The van der Waals surface area contributed by atoms with Crippen LogP contribution >= 0.6 is 0 Å². The number of hydrogen-bond acceptors (Lipinski definition) is 7. The Morgan fingerprint density at radius 3 is 2.34 bits per heavy atom. The number of ether oxygens (including phenoxy) is 2. The summed E-state index contributed by atoms with van der Waals surface area (Å²) >= 11 is 0. The Balaban J connectivity index is 1.75. The first-order valence-electron chi connectivity index (χ1n) is 8.73. The lowest BCUT2D eigenvalue weighted by atomic mass is 10.1. The highest BCUT2D eigenvalue weighted by Crippen LogP contribution is 2.29. The number of amides is 1. The highest BCUT2D eigenvalue weighted by molar-refractivity contribution is 6.04. The largest absolute Gasteiger partial charge is 0.497 e. The van der Waals surface area contributed by atoms with E-state index >= 15 is 0 Å². The second-order valence-electron chi connectivity index (χ2n) is 6.07. The zero-order chi connectivity index (χ0) is 20.8. The van der Waals surface area contributed by atoms with Gasteiger partial charge in [-0.2, -0.15) is 0 Å². The van der Waals surface area contributed by atoms with Crippen LogP contribution in [0.15, 0.2) is 54.9 Å². The van der Waals surface area contributed by atoms with Crippen LogP contribution in [0, 0.1) is 0 Å². The van der Waals surface area contributed by atoms with Gasteiger partial charge in [0.2, 0.25) is 0 Å². The minimum atomic E-state index is -0.411. The van der Waals surface area contributed by atoms with Crippen LogP contribution in [0.5, 0.6) is 11.5 Å². The lowest BCUT2D eigenvalue weighted by Crippen LogP contribution is -2.15. The van der Waals surface area contributed by atoms with Gasteiger partial charge in [0.15, 0.2) is 5.78 Å². The standard InChI is InChI=1S/C21H20N4O4/c1-13(26)14-4-6-15(7-5-14)24-20-11-18(22-12-23-20)21(27)25-17-9-8-16(28-2)10-19(17)29-3/h4-12H,1-3H3,(H,25,27)(H,22,23,24). The van der Waals surface area contributed by atoms with E-state index in [0.717, 1.165) is 5.69 Å². The van der Waals surface area contributed by atoms with Crippen LogP contribution in [0.25, 0.3) is 0 Å². The molecule has 0 saturated heterocycles. The maximum atomic E-state index is 12.6. The van der Waals surface area contributed by atoms with E-state index < -0.39 is 5.91 Å². The van der Waals surface area contributed by atoms with Gasteiger partial charge in [-0.25, -0.2) is 9.97 Å². The number of methoxy groups -OCH3 is 2. The number of rotatable bonds is 7. The fourth-order valence-corrected chi connectivity index (χ4v) is 2.57. The van der Waals surface area contributed by atoms with Crippen LogP contribution in [0.1, 0.15) is 27.8 Å². The molecule has 8 heteroatoms. The van der Waals surface area contributed by atoms with Gasteiger partial charge in [0, 0.05) is 23.4 Å². The fraction of sp³-hybridized carbons (Fsp3) is 0.143. The van der Waals surface area contributed by atoms with E-state index in [4.69, 9.17) is 9.47 Å². The summed E-state index contributed by atoms with van der Waals surface area (Å²) in [5.74, 6) is 1.11. The van der Waals surface area contributed by atoms with E-state index in [2.05, 4.69) is 20.6 Å². The van der Waals surface area contributed by atoms with Crippen LogP contribution < -0.4 is 20.1 Å². The molecule has 0 saturated carbocycles. The molecule has 148 valence electrons. The molecule has 0 radical (unpaired) electrons. The first-order chi connectivity index (χ1) is 14.0. The fourth-order valence-electron chi connectivity index (χ4n) is 2.57. The molecule has 0 aliphatic heterocycles. The zero-order valence-electron chi connectivity index (χ0n) is 16.2. The van der Waals surface area contributed by atoms with Gasteiger partial charge >= 0.3 is 0 Å². The number of carbonyl (C=O) groups is 2. The Labute approximate surface area is 167 Å². The molecule has 2 aromatic carbocycles. The van der Waals surface area contributed by atoms with Gasteiger partial charge in [-0.3, -0.25) is 9.59 Å². The van der Waals surface area contributed by atoms with Crippen molar-refractivity contribution in [3.05, 3.63) is 66.1 Å². The maximum absolute atomic E-state index is 12.6. The van der Waals surface area contributed by atoms with Crippen molar-refractivity contribution in [3.63, 3.8) is 0 Å². The van der Waals surface area contributed by atoms with Crippen molar-refractivity contribution in [1.29, 1.82) is 0 Å². The molecule has 0 unspecified atom stereocenters. The molecule has 0 spiro atoms. The lowest BCUT2D eigenvalue weighted by molar-refractivity contribution is 0.101. The summed E-state index contributed by atoms with van der Waals surface area (Å²) in [5, 5.41) is 5.85. The van der Waals surface area contributed by atoms with Crippen LogP contribution in [0.4, 0.5) is 17.2 Å². The van der Waals surface area contributed by atoms with Crippen molar-refractivity contribution in [2.75, 3.05) is 24.9 Å². The Kier molecular flexibility index (Phi) is 6.03. The monoisotopic (exact) mass is 392 g/mol. The number of aromatic nitrogens is 2. The van der Waals surface area contributed by atoms with E-state index in [9.17, 15) is 9.59 Å². The Bertz CT molecular complexity index is 1040. The lowest BCUT2D eigenvalue weighted by Gasteiger charge is -2.12. The van der Waals surface area contributed by atoms with Gasteiger partial charge in [-0.15, -0.1) is 0 Å². The molecule has 1 aromatic heterocycles. The topological polar surface area (TPSA) is 102 Å². The van der Waals surface area contributed by atoms with Crippen molar-refractivity contribution in [1.82, 2.24) is 9.97 Å². The number of anilines is 3. The molecule has 0 atom stereocenters. The van der Waals surface area contributed by atoms with Crippen molar-refractivity contribution in [2.45, 2.75) is 6.92 Å². The Morgan fingerprint density at radius 2 is 1.69 bits per heavy atom. The van der Waals surface area contributed by atoms with Crippen molar-refractivity contribution >= 4 is 28.9 Å². The summed E-state index contributed by atoms with van der Waals surface area (Å²) in [6.07, 6.45) is 1.30. The van der Waals surface area contributed by atoms with E-state index in [1.807, 2.05) is 0 Å². The number of hydrogen-bond donors (Lipinski definition) is 2. The number of ketones is 1. The number of carbonyl (C=O) groups excluding carboxylic acids is 2. The third-order valence-electron chi connectivity index (χ3n) is 4.12. The van der Waals surface area contributed by atoms with Crippen molar-refractivity contribution in [2.24, 2.45) is 0 Å². The Morgan fingerprint density at radius 1 is 0.931 bits per heavy atom. The molecule has 1 amide bonds. The second-order valence-corrected chi connectivity index (χ2v) is 6.07. The highest BCUT2D eigenvalue weighted by Gasteiger charge is 2.13. The molecule has 0 fully saturated rings. The number of benzene rings is 2. The number of nitrogens with one attached hydrogen (secondary N) is 2. The number of nitrogens with zero attached hydrogens (tertiary/aromatic N) is 2. The second kappa shape index (κ2) is 8.83. The van der Waals surface area contributed by atoms with Gasteiger partial charge in [0.25, 0.3) is 5.91 Å². The van der Waals surface area contributed by atoms with Gasteiger partial charge in [-0.05, 0) is 43.3 Å². The smallest absolute Gasteiger partial charge is 0.274 e. The summed E-state index contributed by atoms with van der Waals surface area (Å²) in [6, 6.07) is 13.6. The van der Waals surface area contributed by atoms with E-state index in [-0.39, 0.29) is 11.5 Å². The molecule has 0 aliphatic carbocycles. The predicted molar refractivity (Wildman–Crippen MR) is 109 cm³/mol. The van der Waals surface area contributed by atoms with Gasteiger partial charge in [0.1, 0.15) is 29.3 Å². The number of Topliss-reactive ketones (excluding diaryl/α,β-unsaturated/α-hetero) is 1. The zero-order valence-corrected chi connectivity index (χ0v) is 16.2. The van der Waals surface area contributed by atoms with Crippen LogP contribution in [-0.4, -0.2) is 35.9 Å². The van der Waals surface area contributed by atoms with E-state index in [1.54, 1.807) is 49.6 Å². The van der Waals surface area contributed by atoms with E-state index in [0.29, 0.717) is 28.6 Å². The molecule has 2 N–H and O–H groups in total. The van der Waals surface area contributed by atoms with Crippen LogP contribution in [0.3, 0.4) is 0 Å². The normalized spacial score (nSPS) is 10.2. The third kappa shape index (κ3) is 4.86. The molecule has 0 bridgehead atoms. The van der Waals surface area contributed by atoms with Crippen molar-refractivity contribution in [3.8, 4) is 11.5 Å². The Hall–Kier alpha value is -3.94. The van der Waals surface area contributed by atoms with E-state index in [1.165, 1.54) is 26.4 Å². The minimum Gasteiger partial charge on any atom is -0.497 e. The average molecular weight is 392 g/mol. The molecular weight excluding hydrogens is 372 g/mol. The third-order valence-corrected chi connectivity index (χ3v) is 4.12. The van der Waals surface area contributed by atoms with Crippen LogP contribution in [-0.2, 0) is 0 Å². The molecule has 0 aliphatic rings. The molecule has 8 nitrogen and oxygen atoms in total. The summed E-state index contributed by atoms with van der Waals surface area (Å²) in [4.78, 5) is 32.1. The summed E-state index contributed by atoms with van der Waals surface area (Å²) < 4.78 is 10.4. The molecule has 3 rings (SSSR count). The van der Waals surface area contributed by atoms with Crippen LogP contribution in [0.2, 0.25) is 0 Å².